The second-order valence-corrected chi connectivity index (χ2v) is 6.93. The lowest BCUT2D eigenvalue weighted by molar-refractivity contribution is 0.588. The average Bonchev–Trinajstić information content (AvgIpc) is 2.70. The first-order valence-corrected chi connectivity index (χ1v) is 8.26. The molecule has 2 aromatic rings. The van der Waals surface area contributed by atoms with Gasteiger partial charge in [-0.1, -0.05) is 18.2 Å². The van der Waals surface area contributed by atoms with Crippen molar-refractivity contribution in [3.05, 3.63) is 41.7 Å². The Bertz CT molecular complexity index is 773. The third-order valence-electron chi connectivity index (χ3n) is 3.83. The Morgan fingerprint density at radius 1 is 1.27 bits per heavy atom. The lowest BCUT2D eigenvalue weighted by Crippen LogP contribution is -2.35. The number of aromatic nitrogens is 2. The van der Waals surface area contributed by atoms with Crippen molar-refractivity contribution in [2.24, 2.45) is 7.05 Å². The summed E-state index contributed by atoms with van der Waals surface area (Å²) in [5.41, 5.74) is 2.37. The lowest BCUT2D eigenvalue weighted by atomic mass is 10.2. The normalized spacial score (nSPS) is 14.9. The molecule has 22 heavy (non-hydrogen) atoms. The lowest BCUT2D eigenvalue weighted by Gasteiger charge is -2.23. The standard InChI is InChI=1S/C14H18N4O2S.ClH/c1-11-14(10-16-17(11)2)21(19,20)18-8-7-15-9-12-5-3-4-6-13(12)18;/h3-6,10,15H,7-9H2,1-2H3;1H. The molecule has 0 unspecified atom stereocenters. The van der Waals surface area contributed by atoms with E-state index in [4.69, 9.17) is 0 Å². The Balaban J connectivity index is 0.00000176. The van der Waals surface area contributed by atoms with Crippen molar-refractivity contribution in [3.63, 3.8) is 0 Å². The van der Waals surface area contributed by atoms with E-state index in [-0.39, 0.29) is 17.3 Å². The van der Waals surface area contributed by atoms with E-state index in [1.54, 1.807) is 18.7 Å². The van der Waals surface area contributed by atoms with Crippen LogP contribution in [-0.4, -0.2) is 31.3 Å². The molecule has 0 radical (unpaired) electrons. The SMILES string of the molecule is Cc1c(S(=O)(=O)N2CCNCc3ccccc32)cnn1C.Cl. The Labute approximate surface area is 136 Å². The minimum atomic E-state index is -3.60. The summed E-state index contributed by atoms with van der Waals surface area (Å²) in [6, 6.07) is 7.59. The van der Waals surface area contributed by atoms with Gasteiger partial charge in [0.15, 0.2) is 0 Å². The van der Waals surface area contributed by atoms with E-state index in [9.17, 15) is 8.42 Å². The van der Waals surface area contributed by atoms with Gasteiger partial charge in [0.05, 0.1) is 17.6 Å². The van der Waals surface area contributed by atoms with Crippen LogP contribution in [-0.2, 0) is 23.6 Å². The monoisotopic (exact) mass is 342 g/mol. The summed E-state index contributed by atoms with van der Waals surface area (Å²) in [6.45, 7) is 3.47. The quantitative estimate of drug-likeness (QED) is 0.897. The molecule has 0 bridgehead atoms. The van der Waals surface area contributed by atoms with Crippen LogP contribution in [0.15, 0.2) is 35.4 Å². The number of benzene rings is 1. The highest BCUT2D eigenvalue weighted by Crippen LogP contribution is 2.29. The zero-order valence-corrected chi connectivity index (χ0v) is 14.1. The van der Waals surface area contributed by atoms with Crippen molar-refractivity contribution >= 4 is 28.1 Å². The van der Waals surface area contributed by atoms with Crippen LogP contribution in [0.1, 0.15) is 11.3 Å². The van der Waals surface area contributed by atoms with E-state index >= 15 is 0 Å². The number of hydrogen-bond acceptors (Lipinski definition) is 4. The molecule has 0 amide bonds. The third kappa shape index (κ3) is 2.71. The van der Waals surface area contributed by atoms with Crippen LogP contribution in [0.2, 0.25) is 0 Å². The van der Waals surface area contributed by atoms with Crippen molar-refractivity contribution in [2.75, 3.05) is 17.4 Å². The zero-order valence-electron chi connectivity index (χ0n) is 12.5. The van der Waals surface area contributed by atoms with Crippen molar-refractivity contribution in [1.29, 1.82) is 0 Å². The molecule has 1 aromatic heterocycles. The van der Waals surface area contributed by atoms with Gasteiger partial charge in [0.1, 0.15) is 4.90 Å². The van der Waals surface area contributed by atoms with Gasteiger partial charge in [-0.25, -0.2) is 8.42 Å². The number of halogens is 1. The Morgan fingerprint density at radius 2 is 2.00 bits per heavy atom. The predicted molar refractivity (Wildman–Crippen MR) is 87.9 cm³/mol. The van der Waals surface area contributed by atoms with Crippen molar-refractivity contribution in [2.45, 2.75) is 18.4 Å². The first-order chi connectivity index (χ1) is 10.0. The number of hydrogen-bond donors (Lipinski definition) is 1. The first-order valence-electron chi connectivity index (χ1n) is 6.82. The van der Waals surface area contributed by atoms with Crippen LogP contribution < -0.4 is 9.62 Å². The number of aryl methyl sites for hydroxylation is 1. The maximum atomic E-state index is 13.0. The molecule has 1 aliphatic rings. The van der Waals surface area contributed by atoms with Gasteiger partial charge in [0.25, 0.3) is 10.0 Å². The van der Waals surface area contributed by atoms with Gasteiger partial charge in [-0.15, -0.1) is 12.4 Å². The van der Waals surface area contributed by atoms with Gasteiger partial charge in [-0.2, -0.15) is 5.10 Å². The van der Waals surface area contributed by atoms with E-state index < -0.39 is 10.0 Å². The number of anilines is 1. The summed E-state index contributed by atoms with van der Waals surface area (Å²) in [5, 5.41) is 7.30. The zero-order chi connectivity index (χ0) is 15.0. The molecule has 120 valence electrons. The van der Waals surface area contributed by atoms with Gasteiger partial charge >= 0.3 is 0 Å². The Hall–Kier alpha value is -1.57. The molecule has 1 N–H and O–H groups in total. The van der Waals surface area contributed by atoms with Crippen molar-refractivity contribution < 1.29 is 8.42 Å². The summed E-state index contributed by atoms with van der Waals surface area (Å²) in [4.78, 5) is 0.265. The van der Waals surface area contributed by atoms with Crippen molar-refractivity contribution in [3.8, 4) is 0 Å². The fourth-order valence-electron chi connectivity index (χ4n) is 2.53. The molecule has 1 aromatic carbocycles. The van der Waals surface area contributed by atoms with Crippen LogP contribution in [0.5, 0.6) is 0 Å². The highest BCUT2D eigenvalue weighted by Gasteiger charge is 2.30. The largest absolute Gasteiger partial charge is 0.311 e. The third-order valence-corrected chi connectivity index (χ3v) is 5.74. The summed E-state index contributed by atoms with van der Waals surface area (Å²) in [5.74, 6) is 0. The van der Waals surface area contributed by atoms with Crippen LogP contribution >= 0.6 is 12.4 Å². The molecule has 0 spiro atoms. The van der Waals surface area contributed by atoms with Crippen LogP contribution in [0.25, 0.3) is 0 Å². The Morgan fingerprint density at radius 3 is 2.68 bits per heavy atom. The average molecular weight is 343 g/mol. The molecule has 0 atom stereocenters. The topological polar surface area (TPSA) is 67.2 Å². The molecular formula is C14H19ClN4O2S. The summed E-state index contributed by atoms with van der Waals surface area (Å²) < 4.78 is 29.0. The van der Waals surface area contributed by atoms with Crippen LogP contribution in [0.3, 0.4) is 0 Å². The summed E-state index contributed by atoms with van der Waals surface area (Å²) >= 11 is 0. The second kappa shape index (κ2) is 6.28. The predicted octanol–water partition coefficient (Wildman–Crippen LogP) is 1.45. The Kier molecular flexibility index (Phi) is 4.79. The second-order valence-electron chi connectivity index (χ2n) is 5.10. The molecule has 2 heterocycles. The molecule has 3 rings (SSSR count). The maximum absolute atomic E-state index is 13.0. The minimum absolute atomic E-state index is 0. The van der Waals surface area contributed by atoms with Gasteiger partial charge in [-0.3, -0.25) is 8.99 Å². The van der Waals surface area contributed by atoms with E-state index in [2.05, 4.69) is 10.4 Å². The van der Waals surface area contributed by atoms with Crippen molar-refractivity contribution in [1.82, 2.24) is 15.1 Å². The highest BCUT2D eigenvalue weighted by molar-refractivity contribution is 7.92. The number of fused-ring (bicyclic) bond motifs is 1. The van der Waals surface area contributed by atoms with E-state index in [0.29, 0.717) is 25.3 Å². The van der Waals surface area contributed by atoms with E-state index in [1.165, 1.54) is 10.5 Å². The first kappa shape index (κ1) is 16.8. The molecule has 0 saturated heterocycles. The van der Waals surface area contributed by atoms with Gasteiger partial charge in [0.2, 0.25) is 0 Å². The van der Waals surface area contributed by atoms with Gasteiger partial charge in [0, 0.05) is 26.7 Å². The van der Waals surface area contributed by atoms with E-state index in [0.717, 1.165) is 11.3 Å². The summed E-state index contributed by atoms with van der Waals surface area (Å²) in [6.07, 6.45) is 1.42. The molecule has 1 aliphatic heterocycles. The fraction of sp³-hybridized carbons (Fsp3) is 0.357. The minimum Gasteiger partial charge on any atom is -0.311 e. The number of para-hydroxylation sites is 1. The smallest absolute Gasteiger partial charge is 0.267 e. The molecular weight excluding hydrogens is 324 g/mol. The molecule has 0 saturated carbocycles. The maximum Gasteiger partial charge on any atom is 0.267 e. The van der Waals surface area contributed by atoms with Crippen LogP contribution in [0, 0.1) is 6.92 Å². The number of nitrogens with one attached hydrogen (secondary N) is 1. The number of nitrogens with zero attached hydrogens (tertiary/aromatic N) is 3. The number of sulfonamides is 1. The van der Waals surface area contributed by atoms with Gasteiger partial charge in [-0.05, 0) is 18.6 Å². The molecule has 0 fully saturated rings. The molecule has 6 nitrogen and oxygen atoms in total. The van der Waals surface area contributed by atoms with Crippen LogP contribution in [0.4, 0.5) is 5.69 Å². The fourth-order valence-corrected chi connectivity index (χ4v) is 4.22. The van der Waals surface area contributed by atoms with Gasteiger partial charge < -0.3 is 5.32 Å². The highest BCUT2D eigenvalue weighted by atomic mass is 35.5. The molecule has 0 aliphatic carbocycles. The van der Waals surface area contributed by atoms with E-state index in [1.807, 2.05) is 24.3 Å². The molecule has 8 heteroatoms. The summed E-state index contributed by atoms with van der Waals surface area (Å²) in [7, 11) is -1.86. The number of rotatable bonds is 2.